The minimum atomic E-state index is -0.267. The quantitative estimate of drug-likeness (QED) is 0.617. The normalized spacial score (nSPS) is 43.2. The highest BCUT2D eigenvalue weighted by Crippen LogP contribution is 2.45. The van der Waals surface area contributed by atoms with Gasteiger partial charge < -0.3 is 9.84 Å². The number of hydrogen-bond donors (Lipinski definition) is 1. The second-order valence-corrected chi connectivity index (χ2v) is 4.28. The average Bonchev–Trinajstić information content (AvgIpc) is 2.17. The number of aliphatic hydroxyl groups excluding tert-OH is 1. The van der Waals surface area contributed by atoms with E-state index in [1.54, 1.807) is 0 Å². The van der Waals surface area contributed by atoms with Crippen molar-refractivity contribution in [3.05, 3.63) is 0 Å². The second kappa shape index (κ2) is 3.29. The van der Waals surface area contributed by atoms with Crippen LogP contribution in [0.4, 0.5) is 0 Å². The molecule has 0 spiro atoms. The Morgan fingerprint density at radius 2 is 2.15 bits per heavy atom. The highest BCUT2D eigenvalue weighted by atomic mass is 16.5. The zero-order valence-electron chi connectivity index (χ0n) is 7.90. The van der Waals surface area contributed by atoms with Crippen LogP contribution in [0.3, 0.4) is 0 Å². The molecule has 0 radical (unpaired) electrons. The molecule has 0 aliphatic heterocycles. The summed E-state index contributed by atoms with van der Waals surface area (Å²) in [5.41, 5.74) is 0. The number of aliphatic hydroxyl groups is 1. The van der Waals surface area contributed by atoms with Crippen molar-refractivity contribution in [1.82, 2.24) is 0 Å². The van der Waals surface area contributed by atoms with Gasteiger partial charge in [0.2, 0.25) is 0 Å². The summed E-state index contributed by atoms with van der Waals surface area (Å²) in [4.78, 5) is 11.4. The molecular formula is C10H16O3. The molecule has 74 valence electrons. The fourth-order valence-corrected chi connectivity index (χ4v) is 2.89. The smallest absolute Gasteiger partial charge is 0.309 e. The Bertz CT molecular complexity index is 214. The molecule has 3 aliphatic carbocycles. The van der Waals surface area contributed by atoms with Crippen molar-refractivity contribution in [3.63, 3.8) is 0 Å². The first-order valence-corrected chi connectivity index (χ1v) is 4.98. The van der Waals surface area contributed by atoms with Crippen molar-refractivity contribution in [3.8, 4) is 0 Å². The van der Waals surface area contributed by atoms with E-state index in [0.717, 1.165) is 19.3 Å². The maximum absolute atomic E-state index is 11.4. The van der Waals surface area contributed by atoms with Gasteiger partial charge in [-0.15, -0.1) is 0 Å². The molecular weight excluding hydrogens is 168 g/mol. The number of rotatable bonds is 1. The summed E-state index contributed by atoms with van der Waals surface area (Å²) in [6.45, 7) is 0. The molecule has 1 N–H and O–H groups in total. The van der Waals surface area contributed by atoms with Crippen molar-refractivity contribution in [2.24, 2.45) is 17.8 Å². The van der Waals surface area contributed by atoms with Gasteiger partial charge in [0.25, 0.3) is 0 Å². The molecule has 0 aromatic rings. The van der Waals surface area contributed by atoms with E-state index in [4.69, 9.17) is 4.74 Å². The molecule has 3 saturated carbocycles. The number of carbonyl (C=O) groups is 1. The predicted molar refractivity (Wildman–Crippen MR) is 47.0 cm³/mol. The van der Waals surface area contributed by atoms with Crippen molar-refractivity contribution in [1.29, 1.82) is 0 Å². The van der Waals surface area contributed by atoms with E-state index in [1.165, 1.54) is 13.5 Å². The molecule has 3 aliphatic rings. The Morgan fingerprint density at radius 3 is 2.69 bits per heavy atom. The molecule has 2 bridgehead atoms. The van der Waals surface area contributed by atoms with E-state index in [-0.39, 0.29) is 23.9 Å². The summed E-state index contributed by atoms with van der Waals surface area (Å²) in [5.74, 6) is 0.544. The van der Waals surface area contributed by atoms with Gasteiger partial charge in [0.05, 0.1) is 19.1 Å². The predicted octanol–water partition coefficient (Wildman–Crippen LogP) is 0.956. The lowest BCUT2D eigenvalue weighted by Crippen LogP contribution is -2.44. The lowest BCUT2D eigenvalue weighted by molar-refractivity contribution is -0.156. The van der Waals surface area contributed by atoms with Crippen molar-refractivity contribution >= 4 is 5.97 Å². The maximum Gasteiger partial charge on any atom is 0.309 e. The Balaban J connectivity index is 2.10. The summed E-state index contributed by atoms with van der Waals surface area (Å²) in [6.07, 6.45) is 3.71. The monoisotopic (exact) mass is 184 g/mol. The van der Waals surface area contributed by atoms with Gasteiger partial charge in [-0.2, -0.15) is 0 Å². The molecule has 3 rings (SSSR count). The highest BCUT2D eigenvalue weighted by Gasteiger charge is 2.44. The third-order valence-corrected chi connectivity index (χ3v) is 3.59. The van der Waals surface area contributed by atoms with Gasteiger partial charge in [-0.3, -0.25) is 4.79 Å². The van der Waals surface area contributed by atoms with Gasteiger partial charge in [-0.1, -0.05) is 0 Å². The van der Waals surface area contributed by atoms with E-state index < -0.39 is 0 Å². The zero-order valence-corrected chi connectivity index (χ0v) is 7.90. The zero-order chi connectivity index (χ0) is 9.42. The van der Waals surface area contributed by atoms with Crippen LogP contribution in [-0.4, -0.2) is 24.3 Å². The molecule has 13 heavy (non-hydrogen) atoms. The van der Waals surface area contributed by atoms with Crippen LogP contribution < -0.4 is 0 Å². The largest absolute Gasteiger partial charge is 0.469 e. The van der Waals surface area contributed by atoms with E-state index in [1.807, 2.05) is 0 Å². The summed E-state index contributed by atoms with van der Waals surface area (Å²) < 4.78 is 4.74. The molecule has 3 nitrogen and oxygen atoms in total. The number of ether oxygens (including phenoxy) is 1. The molecule has 0 amide bonds. The molecule has 0 aromatic carbocycles. The number of methoxy groups -OCH3 is 1. The van der Waals surface area contributed by atoms with Gasteiger partial charge in [0.15, 0.2) is 0 Å². The first-order chi connectivity index (χ1) is 6.22. The van der Waals surface area contributed by atoms with Crippen LogP contribution in [0.15, 0.2) is 0 Å². The molecule has 0 unspecified atom stereocenters. The lowest BCUT2D eigenvalue weighted by Gasteiger charge is -2.44. The molecule has 4 atom stereocenters. The maximum atomic E-state index is 11.4. The minimum absolute atomic E-state index is 0.0347. The van der Waals surface area contributed by atoms with Gasteiger partial charge in [0, 0.05) is 0 Å². The van der Waals surface area contributed by atoms with Gasteiger partial charge in [-0.05, 0) is 37.5 Å². The fourth-order valence-electron chi connectivity index (χ4n) is 2.89. The Labute approximate surface area is 78.1 Å². The van der Waals surface area contributed by atoms with Crippen LogP contribution in [0.1, 0.15) is 25.7 Å². The fraction of sp³-hybridized carbons (Fsp3) is 0.900. The van der Waals surface area contributed by atoms with Crippen LogP contribution in [0.25, 0.3) is 0 Å². The molecule has 3 heteroatoms. The van der Waals surface area contributed by atoms with Crippen LogP contribution in [0.2, 0.25) is 0 Å². The Kier molecular flexibility index (Phi) is 2.28. The number of carbonyl (C=O) groups excluding carboxylic acids is 1. The molecule has 0 heterocycles. The van der Waals surface area contributed by atoms with Crippen LogP contribution in [0.5, 0.6) is 0 Å². The molecule has 0 aromatic heterocycles. The number of hydrogen-bond acceptors (Lipinski definition) is 3. The van der Waals surface area contributed by atoms with Crippen molar-refractivity contribution in [2.75, 3.05) is 7.11 Å². The van der Waals surface area contributed by atoms with Crippen LogP contribution >= 0.6 is 0 Å². The minimum Gasteiger partial charge on any atom is -0.469 e. The standard InChI is InChI=1S/C10H16O3/c1-13-10(12)8-4-6-2-3-7(8)9(11)5-6/h6-9,11H,2-5H2,1H3/t6-,7+,8-,9-/m0/s1. The van der Waals surface area contributed by atoms with E-state index >= 15 is 0 Å². The van der Waals surface area contributed by atoms with Gasteiger partial charge >= 0.3 is 5.97 Å². The van der Waals surface area contributed by atoms with E-state index in [2.05, 4.69) is 0 Å². The first kappa shape index (κ1) is 9.00. The molecule has 0 saturated heterocycles. The van der Waals surface area contributed by atoms with Crippen LogP contribution in [-0.2, 0) is 9.53 Å². The number of fused-ring (bicyclic) bond motifs is 3. The van der Waals surface area contributed by atoms with Gasteiger partial charge in [0.1, 0.15) is 0 Å². The summed E-state index contributed by atoms with van der Waals surface area (Å²) in [7, 11) is 1.43. The van der Waals surface area contributed by atoms with E-state index in [0.29, 0.717) is 5.92 Å². The van der Waals surface area contributed by atoms with Gasteiger partial charge in [-0.25, -0.2) is 0 Å². The van der Waals surface area contributed by atoms with Crippen molar-refractivity contribution in [2.45, 2.75) is 31.8 Å². The Hall–Kier alpha value is -0.570. The lowest BCUT2D eigenvalue weighted by atomic mass is 9.63. The summed E-state index contributed by atoms with van der Waals surface area (Å²) in [5, 5.41) is 9.71. The van der Waals surface area contributed by atoms with E-state index in [9.17, 15) is 9.90 Å². The highest BCUT2D eigenvalue weighted by molar-refractivity contribution is 5.73. The Morgan fingerprint density at radius 1 is 1.38 bits per heavy atom. The summed E-state index contributed by atoms with van der Waals surface area (Å²) >= 11 is 0. The topological polar surface area (TPSA) is 46.5 Å². The number of esters is 1. The third-order valence-electron chi connectivity index (χ3n) is 3.59. The third kappa shape index (κ3) is 1.46. The average molecular weight is 184 g/mol. The first-order valence-electron chi connectivity index (χ1n) is 4.98. The second-order valence-electron chi connectivity index (χ2n) is 4.28. The SMILES string of the molecule is COC(=O)[C@H]1C[C@@H]2CC[C@H]1[C@@H](O)C2. The van der Waals surface area contributed by atoms with Crippen LogP contribution in [0, 0.1) is 17.8 Å². The molecule has 3 fully saturated rings. The van der Waals surface area contributed by atoms with Crippen molar-refractivity contribution < 1.29 is 14.6 Å². The summed E-state index contributed by atoms with van der Waals surface area (Å²) in [6, 6.07) is 0.